The second kappa shape index (κ2) is 7.97. The van der Waals surface area contributed by atoms with E-state index in [2.05, 4.69) is 9.71 Å². The summed E-state index contributed by atoms with van der Waals surface area (Å²) in [4.78, 5) is 5.63. The van der Waals surface area contributed by atoms with Crippen LogP contribution in [-0.4, -0.2) is 19.9 Å². The maximum atomic E-state index is 12.3. The Kier molecular flexibility index (Phi) is 5.91. The van der Waals surface area contributed by atoms with Crippen molar-refractivity contribution in [2.75, 3.05) is 6.54 Å². The van der Waals surface area contributed by atoms with Crippen LogP contribution in [0, 0.1) is 0 Å². The molecule has 3 aromatic rings. The van der Waals surface area contributed by atoms with Crippen LogP contribution in [0.25, 0.3) is 10.6 Å². The van der Waals surface area contributed by atoms with Gasteiger partial charge in [-0.1, -0.05) is 30.7 Å². The fourth-order valence-electron chi connectivity index (χ4n) is 2.22. The average Bonchev–Trinajstić information content (AvgIpc) is 3.25. The van der Waals surface area contributed by atoms with Gasteiger partial charge in [-0.15, -0.1) is 22.7 Å². The van der Waals surface area contributed by atoms with Crippen LogP contribution in [0.2, 0.25) is 5.02 Å². The number of aromatic nitrogens is 1. The molecule has 0 saturated carbocycles. The third-order valence-electron chi connectivity index (χ3n) is 3.57. The van der Waals surface area contributed by atoms with Gasteiger partial charge in [-0.3, -0.25) is 0 Å². The third kappa shape index (κ3) is 4.68. The van der Waals surface area contributed by atoms with Crippen LogP contribution < -0.4 is 4.72 Å². The lowest BCUT2D eigenvalue weighted by molar-refractivity contribution is 0.583. The van der Waals surface area contributed by atoms with Crippen molar-refractivity contribution in [1.82, 2.24) is 9.71 Å². The van der Waals surface area contributed by atoms with Crippen molar-refractivity contribution in [3.63, 3.8) is 0 Å². The van der Waals surface area contributed by atoms with Crippen molar-refractivity contribution >= 4 is 44.3 Å². The number of rotatable bonds is 7. The van der Waals surface area contributed by atoms with Gasteiger partial charge in [0.1, 0.15) is 9.22 Å². The second-order valence-electron chi connectivity index (χ2n) is 5.37. The smallest absolute Gasteiger partial charge is 0.241 e. The van der Waals surface area contributed by atoms with Crippen molar-refractivity contribution in [3.05, 3.63) is 57.4 Å². The van der Waals surface area contributed by atoms with E-state index in [4.69, 9.17) is 11.6 Å². The molecule has 25 heavy (non-hydrogen) atoms. The zero-order chi connectivity index (χ0) is 17.9. The van der Waals surface area contributed by atoms with E-state index < -0.39 is 10.0 Å². The van der Waals surface area contributed by atoms with Gasteiger partial charge in [-0.25, -0.2) is 18.1 Å². The summed E-state index contributed by atoms with van der Waals surface area (Å²) in [5, 5.41) is 3.55. The molecular formula is C17H17ClN2O2S3. The first-order chi connectivity index (χ1) is 12.0. The van der Waals surface area contributed by atoms with Crippen molar-refractivity contribution < 1.29 is 8.42 Å². The van der Waals surface area contributed by atoms with E-state index in [0.717, 1.165) is 27.6 Å². The fourth-order valence-corrected chi connectivity index (χ4v) is 5.58. The SMILES string of the molecule is CCc1ccc(S(=O)(=O)NCCc2csc(-c3ccc(Cl)cc3)n2)s1. The Morgan fingerprint density at radius 2 is 1.92 bits per heavy atom. The van der Waals surface area contributed by atoms with Gasteiger partial charge >= 0.3 is 0 Å². The molecule has 0 amide bonds. The molecule has 0 saturated heterocycles. The molecule has 0 aliphatic heterocycles. The van der Waals surface area contributed by atoms with E-state index in [1.807, 2.05) is 42.6 Å². The van der Waals surface area contributed by atoms with E-state index in [0.29, 0.717) is 22.2 Å². The number of sulfonamides is 1. The van der Waals surface area contributed by atoms with Gasteiger partial charge in [-0.05, 0) is 30.7 Å². The molecule has 0 aliphatic carbocycles. The molecule has 132 valence electrons. The van der Waals surface area contributed by atoms with Gasteiger partial charge in [0.05, 0.1) is 5.69 Å². The minimum Gasteiger partial charge on any atom is -0.241 e. The van der Waals surface area contributed by atoms with Crippen LogP contribution in [0.3, 0.4) is 0 Å². The van der Waals surface area contributed by atoms with Crippen molar-refractivity contribution in [3.8, 4) is 10.6 Å². The van der Waals surface area contributed by atoms with Crippen molar-refractivity contribution in [2.45, 2.75) is 24.0 Å². The maximum Gasteiger partial charge on any atom is 0.250 e. The number of nitrogens with zero attached hydrogens (tertiary/aromatic N) is 1. The number of halogens is 1. The Bertz CT molecular complexity index is 946. The quantitative estimate of drug-likeness (QED) is 0.616. The number of nitrogens with one attached hydrogen (secondary N) is 1. The molecule has 0 radical (unpaired) electrons. The first-order valence-corrected chi connectivity index (χ1v) is 11.3. The summed E-state index contributed by atoms with van der Waals surface area (Å²) in [5.74, 6) is 0. The summed E-state index contributed by atoms with van der Waals surface area (Å²) in [5.41, 5.74) is 1.88. The van der Waals surface area contributed by atoms with E-state index in [9.17, 15) is 8.42 Å². The Morgan fingerprint density at radius 1 is 1.16 bits per heavy atom. The van der Waals surface area contributed by atoms with E-state index in [1.54, 1.807) is 6.07 Å². The first-order valence-electron chi connectivity index (χ1n) is 7.76. The first kappa shape index (κ1) is 18.5. The van der Waals surface area contributed by atoms with Crippen LogP contribution in [0.4, 0.5) is 0 Å². The van der Waals surface area contributed by atoms with Crippen LogP contribution in [-0.2, 0) is 22.9 Å². The summed E-state index contributed by atoms with van der Waals surface area (Å²) in [7, 11) is -3.44. The Labute approximate surface area is 160 Å². The lowest BCUT2D eigenvalue weighted by atomic mass is 10.2. The maximum absolute atomic E-state index is 12.3. The van der Waals surface area contributed by atoms with Gasteiger partial charge in [0.2, 0.25) is 10.0 Å². The van der Waals surface area contributed by atoms with Gasteiger partial charge in [0.15, 0.2) is 0 Å². The van der Waals surface area contributed by atoms with Crippen LogP contribution in [0.5, 0.6) is 0 Å². The Hall–Kier alpha value is -1.25. The normalized spacial score (nSPS) is 11.8. The summed E-state index contributed by atoms with van der Waals surface area (Å²) in [6, 6.07) is 11.0. The summed E-state index contributed by atoms with van der Waals surface area (Å²) in [6.45, 7) is 2.33. The number of hydrogen-bond donors (Lipinski definition) is 1. The number of benzene rings is 1. The zero-order valence-corrected chi connectivity index (χ0v) is 16.7. The van der Waals surface area contributed by atoms with E-state index >= 15 is 0 Å². The number of thiazole rings is 1. The molecule has 0 spiro atoms. The second-order valence-corrected chi connectivity index (χ2v) is 9.83. The van der Waals surface area contributed by atoms with Gasteiger partial charge in [0.25, 0.3) is 0 Å². The van der Waals surface area contributed by atoms with Crippen molar-refractivity contribution in [1.29, 1.82) is 0 Å². The highest BCUT2D eigenvalue weighted by atomic mass is 35.5. The van der Waals surface area contributed by atoms with Gasteiger partial charge < -0.3 is 0 Å². The van der Waals surface area contributed by atoms with E-state index in [1.165, 1.54) is 22.7 Å². The third-order valence-corrected chi connectivity index (χ3v) is 7.94. The molecule has 0 atom stereocenters. The summed E-state index contributed by atoms with van der Waals surface area (Å²) in [6.07, 6.45) is 1.39. The predicted molar refractivity (Wildman–Crippen MR) is 105 cm³/mol. The molecule has 2 heterocycles. The fraction of sp³-hybridized carbons (Fsp3) is 0.235. The highest BCUT2D eigenvalue weighted by Gasteiger charge is 2.16. The average molecular weight is 413 g/mol. The number of thiophene rings is 1. The minimum absolute atomic E-state index is 0.325. The molecule has 2 aromatic heterocycles. The van der Waals surface area contributed by atoms with Gasteiger partial charge in [-0.2, -0.15) is 0 Å². The lowest BCUT2D eigenvalue weighted by Gasteiger charge is -2.03. The molecule has 0 bridgehead atoms. The zero-order valence-electron chi connectivity index (χ0n) is 13.5. The predicted octanol–water partition coefficient (Wildman–Crippen LogP) is 4.61. The molecule has 0 aliphatic rings. The lowest BCUT2D eigenvalue weighted by Crippen LogP contribution is -2.25. The molecule has 3 rings (SSSR count). The monoisotopic (exact) mass is 412 g/mol. The Balaban J connectivity index is 1.60. The Morgan fingerprint density at radius 3 is 2.60 bits per heavy atom. The van der Waals surface area contributed by atoms with Gasteiger partial charge in [0, 0.05) is 33.8 Å². The molecular weight excluding hydrogens is 396 g/mol. The summed E-state index contributed by atoms with van der Waals surface area (Å²) < 4.78 is 27.6. The molecule has 8 heteroatoms. The summed E-state index contributed by atoms with van der Waals surface area (Å²) >= 11 is 8.75. The topological polar surface area (TPSA) is 59.1 Å². The molecule has 4 nitrogen and oxygen atoms in total. The van der Waals surface area contributed by atoms with Crippen LogP contribution in [0.1, 0.15) is 17.5 Å². The number of aryl methyl sites for hydroxylation is 1. The van der Waals surface area contributed by atoms with Crippen molar-refractivity contribution in [2.24, 2.45) is 0 Å². The van der Waals surface area contributed by atoms with Crippen LogP contribution >= 0.6 is 34.3 Å². The molecule has 1 aromatic carbocycles. The molecule has 0 fully saturated rings. The highest BCUT2D eigenvalue weighted by molar-refractivity contribution is 7.91. The minimum atomic E-state index is -3.44. The standard InChI is InChI=1S/C17H17ClN2O2S3/c1-2-15-7-8-16(24-15)25(21,22)19-10-9-14-11-23-17(20-14)12-3-5-13(18)6-4-12/h3-8,11,19H,2,9-10H2,1H3. The number of hydrogen-bond acceptors (Lipinski definition) is 5. The van der Waals surface area contributed by atoms with E-state index in [-0.39, 0.29) is 0 Å². The molecule has 0 unspecified atom stereocenters. The molecule has 1 N–H and O–H groups in total. The largest absolute Gasteiger partial charge is 0.250 e. The van der Waals surface area contributed by atoms with Crippen LogP contribution in [0.15, 0.2) is 46.0 Å². The highest BCUT2D eigenvalue weighted by Crippen LogP contribution is 2.25.